The summed E-state index contributed by atoms with van der Waals surface area (Å²) in [5, 5.41) is 19.8. The predicted molar refractivity (Wildman–Crippen MR) is 62.8 cm³/mol. The molecule has 0 aromatic heterocycles. The van der Waals surface area contributed by atoms with Crippen LogP contribution >= 0.6 is 0 Å². The molecular formula is C14H9NO. The lowest BCUT2D eigenvalue weighted by molar-refractivity contribution is 0.476. The molecule has 0 aliphatic carbocycles. The molecule has 2 aromatic rings. The maximum Gasteiger partial charge on any atom is 0.152 e. The number of phenols is 1. The Bertz CT molecular complexity index is 654. The minimum Gasteiger partial charge on any atom is -0.508 e. The molecule has 2 nitrogen and oxygen atoms in total. The standard InChI is InChI=1S/C14H9NO/c1-10-11(3-2-8-15)4-5-12-9-13(16)6-7-14(10)12/h4-7,9,16H,1H3. The molecular weight excluding hydrogens is 198 g/mol. The van der Waals surface area contributed by atoms with Crippen molar-refractivity contribution in [2.45, 2.75) is 6.92 Å². The Morgan fingerprint density at radius 3 is 2.75 bits per heavy atom. The number of rotatable bonds is 0. The van der Waals surface area contributed by atoms with Crippen LogP contribution in [0.4, 0.5) is 0 Å². The van der Waals surface area contributed by atoms with Gasteiger partial charge in [-0.3, -0.25) is 0 Å². The van der Waals surface area contributed by atoms with Crippen LogP contribution in [-0.2, 0) is 0 Å². The molecule has 2 heteroatoms. The molecule has 16 heavy (non-hydrogen) atoms. The quantitative estimate of drug-likeness (QED) is 0.675. The Balaban J connectivity index is 2.71. The normalized spacial score (nSPS) is 9.25. The van der Waals surface area contributed by atoms with Gasteiger partial charge in [-0.05, 0) is 41.5 Å². The number of hydrogen-bond acceptors (Lipinski definition) is 2. The SMILES string of the molecule is Cc1c(C#CC#N)ccc2cc(O)ccc12. The largest absolute Gasteiger partial charge is 0.508 e. The number of nitrogens with zero attached hydrogens (tertiary/aromatic N) is 1. The van der Waals surface area contributed by atoms with Gasteiger partial charge in [0.1, 0.15) is 5.75 Å². The van der Waals surface area contributed by atoms with E-state index in [2.05, 4.69) is 11.8 Å². The number of aryl methyl sites for hydroxylation is 1. The monoisotopic (exact) mass is 207 g/mol. The second-order valence-corrected chi connectivity index (χ2v) is 3.51. The molecule has 0 unspecified atom stereocenters. The third-order valence-electron chi connectivity index (χ3n) is 2.53. The van der Waals surface area contributed by atoms with Crippen LogP contribution in [0.2, 0.25) is 0 Å². The molecule has 0 fully saturated rings. The van der Waals surface area contributed by atoms with E-state index in [1.165, 1.54) is 0 Å². The Morgan fingerprint density at radius 2 is 2.00 bits per heavy atom. The van der Waals surface area contributed by atoms with Crippen LogP contribution in [0.25, 0.3) is 10.8 Å². The van der Waals surface area contributed by atoms with E-state index in [1.54, 1.807) is 18.2 Å². The molecule has 1 N–H and O–H groups in total. The fraction of sp³-hybridized carbons (Fsp3) is 0.0714. The Labute approximate surface area is 93.8 Å². The molecule has 0 bridgehead atoms. The first kappa shape index (κ1) is 10.1. The van der Waals surface area contributed by atoms with Gasteiger partial charge in [-0.2, -0.15) is 5.26 Å². The fourth-order valence-electron chi connectivity index (χ4n) is 1.70. The van der Waals surface area contributed by atoms with Crippen molar-refractivity contribution in [3.63, 3.8) is 0 Å². The number of benzene rings is 2. The highest BCUT2D eigenvalue weighted by atomic mass is 16.3. The lowest BCUT2D eigenvalue weighted by Gasteiger charge is -2.04. The van der Waals surface area contributed by atoms with Crippen LogP contribution in [0.1, 0.15) is 11.1 Å². The predicted octanol–water partition coefficient (Wildman–Crippen LogP) is 2.73. The van der Waals surface area contributed by atoms with E-state index in [-0.39, 0.29) is 5.75 Å². The van der Waals surface area contributed by atoms with Gasteiger partial charge in [-0.15, -0.1) is 0 Å². The molecule has 0 radical (unpaired) electrons. The van der Waals surface area contributed by atoms with Gasteiger partial charge < -0.3 is 5.11 Å². The third-order valence-corrected chi connectivity index (χ3v) is 2.53. The second-order valence-electron chi connectivity index (χ2n) is 3.51. The van der Waals surface area contributed by atoms with E-state index in [1.807, 2.05) is 25.1 Å². The first-order valence-electron chi connectivity index (χ1n) is 4.85. The van der Waals surface area contributed by atoms with Gasteiger partial charge in [-0.25, -0.2) is 0 Å². The number of nitriles is 1. The van der Waals surface area contributed by atoms with Gasteiger partial charge in [-0.1, -0.05) is 18.1 Å². The lowest BCUT2D eigenvalue weighted by Crippen LogP contribution is -1.84. The van der Waals surface area contributed by atoms with Gasteiger partial charge >= 0.3 is 0 Å². The van der Waals surface area contributed by atoms with Crippen molar-refractivity contribution in [3.05, 3.63) is 41.5 Å². The van der Waals surface area contributed by atoms with E-state index in [9.17, 15) is 5.11 Å². The van der Waals surface area contributed by atoms with Crippen molar-refractivity contribution < 1.29 is 5.11 Å². The molecule has 0 aliphatic heterocycles. The van der Waals surface area contributed by atoms with Gasteiger partial charge in [0.2, 0.25) is 0 Å². The highest BCUT2D eigenvalue weighted by molar-refractivity contribution is 5.88. The molecule has 0 heterocycles. The number of fused-ring (bicyclic) bond motifs is 1. The third kappa shape index (κ3) is 1.69. The minimum atomic E-state index is 0.253. The smallest absolute Gasteiger partial charge is 0.152 e. The summed E-state index contributed by atoms with van der Waals surface area (Å²) in [7, 11) is 0. The van der Waals surface area contributed by atoms with Crippen LogP contribution in [0.5, 0.6) is 5.75 Å². The highest BCUT2D eigenvalue weighted by Gasteiger charge is 2.02. The van der Waals surface area contributed by atoms with Gasteiger partial charge in [0.05, 0.1) is 0 Å². The summed E-state index contributed by atoms with van der Waals surface area (Å²) in [4.78, 5) is 0. The van der Waals surface area contributed by atoms with Gasteiger partial charge in [0.15, 0.2) is 6.07 Å². The zero-order valence-electron chi connectivity index (χ0n) is 8.78. The second kappa shape index (κ2) is 3.96. The summed E-state index contributed by atoms with van der Waals surface area (Å²) in [6.45, 7) is 1.96. The first-order valence-corrected chi connectivity index (χ1v) is 4.85. The molecule has 2 rings (SSSR count). The summed E-state index contributed by atoms with van der Waals surface area (Å²) in [5.41, 5.74) is 1.87. The van der Waals surface area contributed by atoms with Crippen LogP contribution in [0.3, 0.4) is 0 Å². The minimum absolute atomic E-state index is 0.253. The summed E-state index contributed by atoms with van der Waals surface area (Å²) >= 11 is 0. The van der Waals surface area contributed by atoms with Crippen LogP contribution in [0, 0.1) is 30.1 Å². The zero-order valence-corrected chi connectivity index (χ0v) is 8.78. The molecule has 0 spiro atoms. The summed E-state index contributed by atoms with van der Waals surface area (Å²) < 4.78 is 0. The van der Waals surface area contributed by atoms with Crippen molar-refractivity contribution in [1.82, 2.24) is 0 Å². The van der Waals surface area contributed by atoms with Gasteiger partial charge in [0, 0.05) is 11.5 Å². The van der Waals surface area contributed by atoms with E-state index in [4.69, 9.17) is 5.26 Å². The first-order chi connectivity index (χ1) is 7.72. The number of phenolic OH excluding ortho intramolecular Hbond substituents is 1. The van der Waals surface area contributed by atoms with Crippen molar-refractivity contribution in [3.8, 4) is 23.7 Å². The van der Waals surface area contributed by atoms with Gasteiger partial charge in [0.25, 0.3) is 0 Å². The number of hydrogen-bond donors (Lipinski definition) is 1. The lowest BCUT2D eigenvalue weighted by atomic mass is 10.0. The fourth-order valence-corrected chi connectivity index (χ4v) is 1.70. The molecule has 0 saturated heterocycles. The van der Waals surface area contributed by atoms with E-state index in [0.717, 1.165) is 21.9 Å². The molecule has 0 aliphatic rings. The van der Waals surface area contributed by atoms with E-state index in [0.29, 0.717) is 0 Å². The van der Waals surface area contributed by atoms with Crippen molar-refractivity contribution >= 4 is 10.8 Å². The highest BCUT2D eigenvalue weighted by Crippen LogP contribution is 2.24. The van der Waals surface area contributed by atoms with Crippen molar-refractivity contribution in [1.29, 1.82) is 5.26 Å². The Kier molecular flexibility index (Phi) is 2.50. The van der Waals surface area contributed by atoms with Crippen LogP contribution in [0.15, 0.2) is 30.3 Å². The Morgan fingerprint density at radius 1 is 1.19 bits per heavy atom. The molecule has 0 saturated carbocycles. The summed E-state index contributed by atoms with van der Waals surface area (Å²) in [5.74, 6) is 5.44. The molecule has 0 atom stereocenters. The molecule has 0 amide bonds. The summed E-state index contributed by atoms with van der Waals surface area (Å²) in [6, 6.07) is 10.8. The van der Waals surface area contributed by atoms with Crippen LogP contribution in [-0.4, -0.2) is 5.11 Å². The maximum atomic E-state index is 9.36. The van der Waals surface area contributed by atoms with Crippen molar-refractivity contribution in [2.24, 2.45) is 0 Å². The van der Waals surface area contributed by atoms with Crippen LogP contribution < -0.4 is 0 Å². The van der Waals surface area contributed by atoms with E-state index >= 15 is 0 Å². The van der Waals surface area contributed by atoms with Crippen molar-refractivity contribution in [2.75, 3.05) is 0 Å². The summed E-state index contributed by atoms with van der Waals surface area (Å²) in [6.07, 6.45) is 0. The maximum absolute atomic E-state index is 9.36. The van der Waals surface area contributed by atoms with E-state index < -0.39 is 0 Å². The topological polar surface area (TPSA) is 44.0 Å². The molecule has 76 valence electrons. The number of aromatic hydroxyl groups is 1. The molecule has 2 aromatic carbocycles. The average molecular weight is 207 g/mol. The zero-order chi connectivity index (χ0) is 11.5. The Hall–Kier alpha value is -2.45. The average Bonchev–Trinajstić information content (AvgIpc) is 2.28.